The Morgan fingerprint density at radius 2 is 2.00 bits per heavy atom. The molecule has 1 aromatic heterocycles. The fourth-order valence-electron chi connectivity index (χ4n) is 1.42. The minimum atomic E-state index is -3.24. The van der Waals surface area contributed by atoms with Crippen molar-refractivity contribution < 1.29 is 8.42 Å². The van der Waals surface area contributed by atoms with Crippen LogP contribution < -0.4 is 5.73 Å². The number of anilines is 1. The van der Waals surface area contributed by atoms with Crippen LogP contribution in [0.4, 0.5) is 5.69 Å². The van der Waals surface area contributed by atoms with Crippen molar-refractivity contribution in [1.29, 1.82) is 0 Å². The van der Waals surface area contributed by atoms with Gasteiger partial charge in [-0.15, -0.1) is 0 Å². The van der Waals surface area contributed by atoms with E-state index >= 15 is 0 Å². The number of aryl methyl sites for hydroxylation is 1. The van der Waals surface area contributed by atoms with E-state index in [0.29, 0.717) is 10.8 Å². The van der Waals surface area contributed by atoms with E-state index in [4.69, 9.17) is 5.73 Å². The first-order valence-electron chi connectivity index (χ1n) is 5.43. The summed E-state index contributed by atoms with van der Waals surface area (Å²) in [6, 6.07) is 6.46. The van der Waals surface area contributed by atoms with Crippen LogP contribution in [0.25, 0.3) is 0 Å². The predicted octanol–water partition coefficient (Wildman–Crippen LogP) is 1.92. The molecule has 0 amide bonds. The zero-order valence-corrected chi connectivity index (χ0v) is 12.1. The molecule has 0 fully saturated rings. The molecule has 0 saturated heterocycles. The van der Waals surface area contributed by atoms with Crippen molar-refractivity contribution in [3.63, 3.8) is 0 Å². The normalized spacial score (nSPS) is 11.5. The Bertz CT molecular complexity index is 715. The molecule has 0 radical (unpaired) electrons. The highest BCUT2D eigenvalue weighted by Gasteiger charge is 2.11. The predicted molar refractivity (Wildman–Crippen MR) is 74.9 cm³/mol. The number of sulfone groups is 1. The number of nitrogens with two attached hydrogens (primary N) is 1. The fourth-order valence-corrected chi connectivity index (χ4v) is 2.89. The Morgan fingerprint density at radius 3 is 2.58 bits per heavy atom. The zero-order valence-electron chi connectivity index (χ0n) is 10.5. The van der Waals surface area contributed by atoms with Gasteiger partial charge < -0.3 is 5.73 Å². The molecule has 0 aliphatic rings. The first kappa shape index (κ1) is 13.8. The summed E-state index contributed by atoms with van der Waals surface area (Å²) < 4.78 is 22.8. The van der Waals surface area contributed by atoms with Crippen LogP contribution in [0.2, 0.25) is 0 Å². The average Bonchev–Trinajstić information content (AvgIpc) is 2.30. The summed E-state index contributed by atoms with van der Waals surface area (Å²) in [7, 11) is -3.24. The van der Waals surface area contributed by atoms with E-state index < -0.39 is 9.84 Å². The summed E-state index contributed by atoms with van der Waals surface area (Å²) in [6.45, 7) is 1.88. The van der Waals surface area contributed by atoms with Crippen molar-refractivity contribution in [3.05, 3.63) is 36.2 Å². The Hall–Kier alpha value is -1.60. The molecule has 0 atom stereocenters. The van der Waals surface area contributed by atoms with Crippen LogP contribution in [0.3, 0.4) is 0 Å². The van der Waals surface area contributed by atoms with Crippen molar-refractivity contribution in [2.75, 3.05) is 12.0 Å². The second-order valence-corrected chi connectivity index (χ2v) is 7.08. The second kappa shape index (κ2) is 5.18. The molecule has 7 heteroatoms. The molecule has 0 saturated carbocycles. The Balaban J connectivity index is 2.32. The van der Waals surface area contributed by atoms with E-state index in [2.05, 4.69) is 9.97 Å². The molecule has 1 aromatic carbocycles. The van der Waals surface area contributed by atoms with Gasteiger partial charge in [0.05, 0.1) is 4.90 Å². The second-order valence-electron chi connectivity index (χ2n) is 4.05. The van der Waals surface area contributed by atoms with Gasteiger partial charge in [0.25, 0.3) is 0 Å². The monoisotopic (exact) mass is 295 g/mol. The van der Waals surface area contributed by atoms with Crippen LogP contribution in [-0.4, -0.2) is 24.6 Å². The van der Waals surface area contributed by atoms with E-state index in [-0.39, 0.29) is 4.90 Å². The first-order chi connectivity index (χ1) is 8.86. The maximum atomic E-state index is 11.4. The zero-order chi connectivity index (χ0) is 14.0. The van der Waals surface area contributed by atoms with Gasteiger partial charge in [-0.3, -0.25) is 0 Å². The SMILES string of the molecule is Cc1ccnc(Sc2ccc(S(C)(=O)=O)cc2N)n1. The van der Waals surface area contributed by atoms with Gasteiger partial charge in [0, 0.05) is 28.7 Å². The average molecular weight is 295 g/mol. The largest absolute Gasteiger partial charge is 0.398 e. The number of rotatable bonds is 3. The number of nitrogens with zero attached hydrogens (tertiary/aromatic N) is 2. The number of benzene rings is 1. The molecule has 0 aliphatic heterocycles. The van der Waals surface area contributed by atoms with Crippen LogP contribution >= 0.6 is 11.8 Å². The van der Waals surface area contributed by atoms with Gasteiger partial charge in [-0.1, -0.05) is 0 Å². The standard InChI is InChI=1S/C12H13N3O2S2/c1-8-5-6-14-12(15-8)18-11-4-3-9(7-10(11)13)19(2,16)17/h3-7H,13H2,1-2H3. The Kier molecular flexibility index (Phi) is 3.77. The highest BCUT2D eigenvalue weighted by Crippen LogP contribution is 2.31. The molecule has 5 nitrogen and oxygen atoms in total. The van der Waals surface area contributed by atoms with Gasteiger partial charge >= 0.3 is 0 Å². The van der Waals surface area contributed by atoms with Gasteiger partial charge in [-0.2, -0.15) is 0 Å². The Morgan fingerprint density at radius 1 is 1.26 bits per heavy atom. The van der Waals surface area contributed by atoms with Crippen LogP contribution in [0.5, 0.6) is 0 Å². The molecule has 0 aliphatic carbocycles. The lowest BCUT2D eigenvalue weighted by atomic mass is 10.3. The summed E-state index contributed by atoms with van der Waals surface area (Å²) in [5.74, 6) is 0. The molecule has 19 heavy (non-hydrogen) atoms. The number of hydrogen-bond acceptors (Lipinski definition) is 6. The molecule has 2 N–H and O–H groups in total. The number of hydrogen-bond donors (Lipinski definition) is 1. The highest BCUT2D eigenvalue weighted by atomic mass is 32.2. The quantitative estimate of drug-likeness (QED) is 0.687. The van der Waals surface area contributed by atoms with Gasteiger partial charge in [-0.25, -0.2) is 18.4 Å². The lowest BCUT2D eigenvalue weighted by Gasteiger charge is -2.06. The third kappa shape index (κ3) is 3.45. The van der Waals surface area contributed by atoms with Crippen LogP contribution in [0, 0.1) is 6.92 Å². The molecular formula is C12H13N3O2S2. The maximum absolute atomic E-state index is 11.4. The summed E-state index contributed by atoms with van der Waals surface area (Å²) in [5, 5.41) is 0.582. The molecule has 100 valence electrons. The van der Waals surface area contributed by atoms with Crippen LogP contribution in [-0.2, 0) is 9.84 Å². The smallest absolute Gasteiger partial charge is 0.192 e. The van der Waals surface area contributed by atoms with Crippen molar-refractivity contribution in [2.24, 2.45) is 0 Å². The fraction of sp³-hybridized carbons (Fsp3) is 0.167. The van der Waals surface area contributed by atoms with Crippen molar-refractivity contribution in [3.8, 4) is 0 Å². The maximum Gasteiger partial charge on any atom is 0.192 e. The van der Waals surface area contributed by atoms with E-state index in [9.17, 15) is 8.42 Å². The molecule has 0 unspecified atom stereocenters. The topological polar surface area (TPSA) is 85.9 Å². The van der Waals surface area contributed by atoms with E-state index in [1.54, 1.807) is 18.3 Å². The third-order valence-corrected chi connectivity index (χ3v) is 4.46. The lowest BCUT2D eigenvalue weighted by Crippen LogP contribution is -1.99. The highest BCUT2D eigenvalue weighted by molar-refractivity contribution is 7.99. The Labute approximate surface area is 116 Å². The van der Waals surface area contributed by atoms with Crippen molar-refractivity contribution in [2.45, 2.75) is 21.9 Å². The van der Waals surface area contributed by atoms with Gasteiger partial charge in [0.2, 0.25) is 0 Å². The van der Waals surface area contributed by atoms with Gasteiger partial charge in [-0.05, 0) is 43.0 Å². The minimum Gasteiger partial charge on any atom is -0.398 e. The third-order valence-electron chi connectivity index (χ3n) is 2.38. The van der Waals surface area contributed by atoms with E-state index in [1.807, 2.05) is 6.92 Å². The molecule has 2 aromatic rings. The molecule has 0 spiro atoms. The van der Waals surface area contributed by atoms with Crippen molar-refractivity contribution in [1.82, 2.24) is 9.97 Å². The van der Waals surface area contributed by atoms with Crippen molar-refractivity contribution >= 4 is 27.3 Å². The number of aromatic nitrogens is 2. The summed E-state index contributed by atoms with van der Waals surface area (Å²) in [5.41, 5.74) is 7.13. The summed E-state index contributed by atoms with van der Waals surface area (Å²) >= 11 is 1.31. The van der Waals surface area contributed by atoms with E-state index in [1.165, 1.54) is 23.9 Å². The van der Waals surface area contributed by atoms with E-state index in [0.717, 1.165) is 16.8 Å². The molecular weight excluding hydrogens is 282 g/mol. The molecule has 0 bridgehead atoms. The van der Waals surface area contributed by atoms with Gasteiger partial charge in [0.15, 0.2) is 15.0 Å². The van der Waals surface area contributed by atoms with Crippen LogP contribution in [0.15, 0.2) is 45.4 Å². The minimum absolute atomic E-state index is 0.208. The lowest BCUT2D eigenvalue weighted by molar-refractivity contribution is 0.602. The van der Waals surface area contributed by atoms with Crippen LogP contribution in [0.1, 0.15) is 5.69 Å². The first-order valence-corrected chi connectivity index (χ1v) is 8.14. The summed E-state index contributed by atoms with van der Waals surface area (Å²) in [6.07, 6.45) is 2.82. The number of nitrogen functional groups attached to an aromatic ring is 1. The molecule has 2 rings (SSSR count). The summed E-state index contributed by atoms with van der Waals surface area (Å²) in [4.78, 5) is 9.33. The van der Waals surface area contributed by atoms with Gasteiger partial charge in [0.1, 0.15) is 0 Å². The molecule has 1 heterocycles.